The molecule has 0 radical (unpaired) electrons. The molecule has 1 aliphatic rings. The molecule has 0 atom stereocenters. The van der Waals surface area contributed by atoms with Gasteiger partial charge in [0.25, 0.3) is 5.91 Å². The quantitative estimate of drug-likeness (QED) is 0.580. The van der Waals surface area contributed by atoms with E-state index in [0.717, 1.165) is 32.1 Å². The summed E-state index contributed by atoms with van der Waals surface area (Å²) in [4.78, 5) is 12.7. The topological polar surface area (TPSA) is 84.9 Å². The van der Waals surface area contributed by atoms with Crippen molar-refractivity contribution in [3.63, 3.8) is 0 Å². The number of benzene rings is 2. The molecule has 7 nitrogen and oxygen atoms in total. The Bertz CT molecular complexity index is 1070. The van der Waals surface area contributed by atoms with Crippen LogP contribution in [0.15, 0.2) is 47.4 Å². The minimum absolute atomic E-state index is 0.0291. The first-order chi connectivity index (χ1) is 15.7. The lowest BCUT2D eigenvalue weighted by molar-refractivity contribution is -0.0512. The highest BCUT2D eigenvalue weighted by atomic mass is 32.2. The zero-order chi connectivity index (χ0) is 24.0. The van der Waals surface area contributed by atoms with Gasteiger partial charge in [0.2, 0.25) is 10.0 Å². The van der Waals surface area contributed by atoms with Crippen LogP contribution in [0.25, 0.3) is 0 Å². The first kappa shape index (κ1) is 24.9. The third-order valence-corrected chi connectivity index (χ3v) is 7.67. The monoisotopic (exact) mass is 482 g/mol. The Labute approximate surface area is 192 Å². The highest BCUT2D eigenvalue weighted by molar-refractivity contribution is 7.89. The summed E-state index contributed by atoms with van der Waals surface area (Å²) in [6, 6.07) is 10.3. The van der Waals surface area contributed by atoms with E-state index in [1.165, 1.54) is 47.8 Å². The number of carbonyl (C=O) groups is 1. The summed E-state index contributed by atoms with van der Waals surface area (Å²) in [6.07, 6.45) is 4.78. The van der Waals surface area contributed by atoms with E-state index in [9.17, 15) is 22.0 Å². The lowest BCUT2D eigenvalue weighted by atomic mass is 9.96. The van der Waals surface area contributed by atoms with Crippen molar-refractivity contribution in [2.45, 2.75) is 56.2 Å². The Morgan fingerprint density at radius 2 is 1.85 bits per heavy atom. The predicted molar refractivity (Wildman–Crippen MR) is 119 cm³/mol. The molecular formula is C23H28F2N2O5S. The second-order valence-electron chi connectivity index (χ2n) is 7.89. The molecule has 0 aromatic heterocycles. The van der Waals surface area contributed by atoms with Gasteiger partial charge < -0.3 is 14.8 Å². The van der Waals surface area contributed by atoms with Crippen LogP contribution in [0.5, 0.6) is 11.5 Å². The number of ether oxygens (including phenoxy) is 2. The maximum atomic E-state index is 13.1. The SMILES string of the molecule is COc1ccc(CNC(=O)c2cccc(S(=O)(=O)N(C)C3CCCCC3)c2)cc1OC(F)F. The Morgan fingerprint density at radius 3 is 2.52 bits per heavy atom. The van der Waals surface area contributed by atoms with Crippen molar-refractivity contribution in [2.75, 3.05) is 14.2 Å². The molecule has 0 aliphatic heterocycles. The van der Waals surface area contributed by atoms with Crippen LogP contribution < -0.4 is 14.8 Å². The molecule has 0 saturated heterocycles. The molecule has 0 spiro atoms. The standard InChI is InChI=1S/C23H28F2N2O5S/c1-27(18-8-4-3-5-9-18)33(29,30)19-10-6-7-17(14-19)22(28)26-15-16-11-12-20(31-2)21(13-16)32-23(24)25/h6-7,10-14,18,23H,3-5,8-9,15H2,1-2H3,(H,26,28). The maximum absolute atomic E-state index is 13.1. The highest BCUT2D eigenvalue weighted by Gasteiger charge is 2.29. The number of hydrogen-bond donors (Lipinski definition) is 1. The summed E-state index contributed by atoms with van der Waals surface area (Å²) < 4.78 is 62.2. The minimum atomic E-state index is -3.73. The smallest absolute Gasteiger partial charge is 0.387 e. The van der Waals surface area contributed by atoms with Crippen LogP contribution in [-0.4, -0.2) is 45.4 Å². The molecule has 10 heteroatoms. The van der Waals surface area contributed by atoms with Crippen LogP contribution in [-0.2, 0) is 16.6 Å². The van der Waals surface area contributed by atoms with Gasteiger partial charge in [0.05, 0.1) is 12.0 Å². The fourth-order valence-electron chi connectivity index (χ4n) is 3.91. The average Bonchev–Trinajstić information content (AvgIpc) is 2.82. The van der Waals surface area contributed by atoms with E-state index in [4.69, 9.17) is 4.74 Å². The number of nitrogens with zero attached hydrogens (tertiary/aromatic N) is 1. The number of halogens is 2. The molecule has 1 aliphatic carbocycles. The van der Waals surface area contributed by atoms with Crippen molar-refractivity contribution in [1.29, 1.82) is 0 Å². The summed E-state index contributed by atoms with van der Waals surface area (Å²) in [6.45, 7) is -2.98. The zero-order valence-corrected chi connectivity index (χ0v) is 19.4. The van der Waals surface area contributed by atoms with Gasteiger partial charge in [-0.3, -0.25) is 4.79 Å². The number of hydrogen-bond acceptors (Lipinski definition) is 5. The van der Waals surface area contributed by atoms with Crippen molar-refractivity contribution >= 4 is 15.9 Å². The lowest BCUT2D eigenvalue weighted by Gasteiger charge is -2.30. The van der Waals surface area contributed by atoms with Gasteiger partial charge in [0.1, 0.15) is 0 Å². The van der Waals surface area contributed by atoms with Crippen LogP contribution in [0.3, 0.4) is 0 Å². The first-order valence-corrected chi connectivity index (χ1v) is 12.1. The van der Waals surface area contributed by atoms with Gasteiger partial charge in [-0.25, -0.2) is 8.42 Å². The second-order valence-corrected chi connectivity index (χ2v) is 9.88. The normalized spacial score (nSPS) is 15.0. The van der Waals surface area contributed by atoms with Gasteiger partial charge in [-0.15, -0.1) is 0 Å². The highest BCUT2D eigenvalue weighted by Crippen LogP contribution is 2.30. The lowest BCUT2D eigenvalue weighted by Crippen LogP contribution is -2.38. The summed E-state index contributed by atoms with van der Waals surface area (Å²) in [7, 11) is -0.815. The second kappa shape index (κ2) is 10.9. The van der Waals surface area contributed by atoms with Gasteiger partial charge >= 0.3 is 6.61 Å². The van der Waals surface area contributed by atoms with E-state index in [1.807, 2.05) is 0 Å². The van der Waals surface area contributed by atoms with Crippen molar-refractivity contribution in [3.05, 3.63) is 53.6 Å². The maximum Gasteiger partial charge on any atom is 0.387 e. The fourth-order valence-corrected chi connectivity index (χ4v) is 5.37. The molecule has 0 unspecified atom stereocenters. The minimum Gasteiger partial charge on any atom is -0.493 e. The van der Waals surface area contributed by atoms with Gasteiger partial charge in [0, 0.05) is 25.2 Å². The summed E-state index contributed by atoms with van der Waals surface area (Å²) in [5.41, 5.74) is 0.700. The van der Waals surface area contributed by atoms with E-state index in [2.05, 4.69) is 10.1 Å². The summed E-state index contributed by atoms with van der Waals surface area (Å²) in [5, 5.41) is 2.67. The van der Waals surface area contributed by atoms with E-state index in [-0.39, 0.29) is 34.5 Å². The number of methoxy groups -OCH3 is 1. The molecule has 1 saturated carbocycles. The van der Waals surface area contributed by atoms with Gasteiger partial charge in [0.15, 0.2) is 11.5 Å². The Kier molecular flexibility index (Phi) is 8.25. The van der Waals surface area contributed by atoms with E-state index in [1.54, 1.807) is 13.1 Å². The summed E-state index contributed by atoms with van der Waals surface area (Å²) >= 11 is 0. The van der Waals surface area contributed by atoms with Gasteiger partial charge in [-0.2, -0.15) is 13.1 Å². The number of alkyl halides is 2. The molecule has 1 N–H and O–H groups in total. The zero-order valence-electron chi connectivity index (χ0n) is 18.6. The van der Waals surface area contributed by atoms with E-state index in [0.29, 0.717) is 5.56 Å². The molecule has 2 aromatic rings. The van der Waals surface area contributed by atoms with Crippen LogP contribution in [0.4, 0.5) is 8.78 Å². The Balaban J connectivity index is 1.71. The van der Waals surface area contributed by atoms with Gasteiger partial charge in [-0.1, -0.05) is 31.4 Å². The number of sulfonamides is 1. The van der Waals surface area contributed by atoms with E-state index >= 15 is 0 Å². The van der Waals surface area contributed by atoms with Crippen LogP contribution in [0.1, 0.15) is 48.0 Å². The van der Waals surface area contributed by atoms with Crippen molar-refractivity contribution in [3.8, 4) is 11.5 Å². The average molecular weight is 483 g/mol. The molecule has 0 bridgehead atoms. The number of carbonyl (C=O) groups excluding carboxylic acids is 1. The molecule has 1 fully saturated rings. The van der Waals surface area contributed by atoms with Crippen LogP contribution in [0.2, 0.25) is 0 Å². The Morgan fingerprint density at radius 1 is 1.12 bits per heavy atom. The third-order valence-electron chi connectivity index (χ3n) is 5.76. The number of nitrogens with one attached hydrogen (secondary N) is 1. The molecule has 0 heterocycles. The van der Waals surface area contributed by atoms with Crippen LogP contribution >= 0.6 is 0 Å². The van der Waals surface area contributed by atoms with Crippen molar-refractivity contribution in [2.24, 2.45) is 0 Å². The largest absolute Gasteiger partial charge is 0.493 e. The number of rotatable bonds is 9. The first-order valence-electron chi connectivity index (χ1n) is 10.7. The van der Waals surface area contributed by atoms with Crippen LogP contribution in [0, 0.1) is 0 Å². The summed E-state index contributed by atoms with van der Waals surface area (Å²) in [5.74, 6) is -0.483. The van der Waals surface area contributed by atoms with E-state index < -0.39 is 22.5 Å². The molecular weight excluding hydrogens is 454 g/mol. The molecule has 1 amide bonds. The fraction of sp³-hybridized carbons (Fsp3) is 0.435. The third kappa shape index (κ3) is 6.20. The van der Waals surface area contributed by atoms with Crippen molar-refractivity contribution in [1.82, 2.24) is 9.62 Å². The molecule has 2 aromatic carbocycles. The molecule has 3 rings (SSSR count). The number of amides is 1. The Hall–Kier alpha value is -2.72. The predicted octanol–water partition coefficient (Wildman–Crippen LogP) is 4.18. The van der Waals surface area contributed by atoms with Gasteiger partial charge in [-0.05, 0) is 48.7 Å². The molecule has 33 heavy (non-hydrogen) atoms. The molecule has 180 valence electrons. The van der Waals surface area contributed by atoms with Crippen molar-refractivity contribution < 1.29 is 31.5 Å².